The number of rotatable bonds is 7. The van der Waals surface area contributed by atoms with E-state index in [4.69, 9.17) is 24.5 Å². The number of hydrogen-bond donors (Lipinski definition) is 4. The molecule has 162 valence electrons. The summed E-state index contributed by atoms with van der Waals surface area (Å²) in [4.78, 5) is 18.2. The van der Waals surface area contributed by atoms with Gasteiger partial charge in [-0.15, -0.1) is 0 Å². The number of hydrogen-bond acceptors (Lipinski definition) is 5. The van der Waals surface area contributed by atoms with E-state index in [0.29, 0.717) is 19.2 Å². The van der Waals surface area contributed by atoms with Gasteiger partial charge in [-0.2, -0.15) is 0 Å². The molecule has 2 aromatic carbocycles. The van der Waals surface area contributed by atoms with Crippen LogP contribution < -0.4 is 10.1 Å². The Morgan fingerprint density at radius 2 is 1.77 bits per heavy atom. The van der Waals surface area contributed by atoms with Crippen molar-refractivity contribution < 1.29 is 29.6 Å². The molecule has 0 radical (unpaired) electrons. The molecule has 0 bridgehead atoms. The van der Waals surface area contributed by atoms with Crippen molar-refractivity contribution in [1.82, 2.24) is 5.32 Å². The van der Waals surface area contributed by atoms with E-state index in [9.17, 15) is 5.11 Å². The molecule has 0 aliphatic heterocycles. The van der Waals surface area contributed by atoms with Gasteiger partial charge in [-0.1, -0.05) is 49.4 Å². The highest BCUT2D eigenvalue weighted by molar-refractivity contribution is 6.27. The molecule has 4 N–H and O–H groups in total. The maximum absolute atomic E-state index is 10.3. The van der Waals surface area contributed by atoms with Gasteiger partial charge in [-0.25, -0.2) is 9.59 Å². The van der Waals surface area contributed by atoms with Crippen molar-refractivity contribution >= 4 is 11.9 Å². The SMILES string of the molecule is CCc1ccccc1OCC(O)CN[C@H]1CCCc2ccccc21.O=C(O)C(=O)O. The molecule has 2 aromatic rings. The number of aliphatic hydroxyl groups excluding tert-OH is 1. The summed E-state index contributed by atoms with van der Waals surface area (Å²) in [5.41, 5.74) is 4.00. The number of carbonyl (C=O) groups is 2. The fourth-order valence-electron chi connectivity index (χ4n) is 3.43. The Labute approximate surface area is 176 Å². The first-order valence-electron chi connectivity index (χ1n) is 10.1. The van der Waals surface area contributed by atoms with Crippen molar-refractivity contribution in [1.29, 1.82) is 0 Å². The molecule has 0 saturated carbocycles. The van der Waals surface area contributed by atoms with Crippen LogP contribution in [-0.4, -0.2) is 46.5 Å². The number of aliphatic carboxylic acids is 2. The number of para-hydroxylation sites is 1. The number of fused-ring (bicyclic) bond motifs is 1. The Morgan fingerprint density at radius 3 is 2.47 bits per heavy atom. The Kier molecular flexibility index (Phi) is 9.31. The van der Waals surface area contributed by atoms with Gasteiger partial charge in [0.2, 0.25) is 0 Å². The number of nitrogens with one attached hydrogen (secondary N) is 1. The zero-order valence-electron chi connectivity index (χ0n) is 17.1. The number of carboxylic acid groups (broad SMARTS) is 2. The summed E-state index contributed by atoms with van der Waals surface area (Å²) in [6, 6.07) is 17.0. The fourth-order valence-corrected chi connectivity index (χ4v) is 3.43. The van der Waals surface area contributed by atoms with Crippen molar-refractivity contribution in [3.63, 3.8) is 0 Å². The molecule has 2 atom stereocenters. The first kappa shape index (κ1) is 23.4. The molecule has 0 fully saturated rings. The predicted octanol–water partition coefficient (Wildman–Crippen LogP) is 2.81. The van der Waals surface area contributed by atoms with Crippen LogP contribution in [0.25, 0.3) is 0 Å². The lowest BCUT2D eigenvalue weighted by Crippen LogP contribution is -2.35. The average molecular weight is 415 g/mol. The molecule has 0 saturated heterocycles. The molecule has 0 amide bonds. The second-order valence-electron chi connectivity index (χ2n) is 7.09. The van der Waals surface area contributed by atoms with E-state index in [2.05, 4.69) is 42.6 Å². The van der Waals surface area contributed by atoms with Crippen molar-refractivity contribution in [2.75, 3.05) is 13.2 Å². The number of benzene rings is 2. The minimum atomic E-state index is -1.82. The highest BCUT2D eigenvalue weighted by Gasteiger charge is 2.20. The van der Waals surface area contributed by atoms with Crippen LogP contribution >= 0.6 is 0 Å². The third-order valence-corrected chi connectivity index (χ3v) is 4.94. The summed E-state index contributed by atoms with van der Waals surface area (Å²) < 4.78 is 5.81. The van der Waals surface area contributed by atoms with Crippen LogP contribution in [0.2, 0.25) is 0 Å². The minimum Gasteiger partial charge on any atom is -0.491 e. The Bertz CT molecular complexity index is 826. The standard InChI is InChI=1S/C21H27NO2.C2H2O4/c1-2-16-8-4-6-13-21(16)24-15-18(23)14-22-20-12-7-10-17-9-3-5-11-19(17)20;3-1(4)2(5)6/h3-6,8-9,11,13,18,20,22-23H,2,7,10,12,14-15H2,1H3;(H,3,4)(H,5,6)/t18?,20-;/m0./s1. The molecule has 0 aromatic heterocycles. The molecule has 7 heteroatoms. The van der Waals surface area contributed by atoms with Gasteiger partial charge in [0.15, 0.2) is 0 Å². The summed E-state index contributed by atoms with van der Waals surface area (Å²) >= 11 is 0. The Morgan fingerprint density at radius 1 is 1.10 bits per heavy atom. The minimum absolute atomic E-state index is 0.318. The van der Waals surface area contributed by atoms with E-state index in [1.54, 1.807) is 0 Å². The quantitative estimate of drug-likeness (QED) is 0.514. The molecular weight excluding hydrogens is 386 g/mol. The van der Waals surface area contributed by atoms with Gasteiger partial charge in [0, 0.05) is 12.6 Å². The molecule has 1 unspecified atom stereocenters. The summed E-state index contributed by atoms with van der Waals surface area (Å²) in [6.45, 7) is 2.98. The molecule has 1 aliphatic rings. The van der Waals surface area contributed by atoms with Crippen LogP contribution in [0, 0.1) is 0 Å². The normalized spacial score (nSPS) is 15.9. The average Bonchev–Trinajstić information content (AvgIpc) is 2.76. The summed E-state index contributed by atoms with van der Waals surface area (Å²) in [5, 5.41) is 28.6. The second-order valence-corrected chi connectivity index (χ2v) is 7.09. The molecule has 3 rings (SSSR count). The molecule has 1 aliphatic carbocycles. The van der Waals surface area contributed by atoms with Crippen LogP contribution in [0.5, 0.6) is 5.75 Å². The van der Waals surface area contributed by atoms with Crippen LogP contribution in [0.15, 0.2) is 48.5 Å². The Hall–Kier alpha value is -2.90. The maximum atomic E-state index is 10.3. The lowest BCUT2D eigenvalue weighted by atomic mass is 9.88. The van der Waals surface area contributed by atoms with Crippen LogP contribution in [0.3, 0.4) is 0 Å². The summed E-state index contributed by atoms with van der Waals surface area (Å²) in [6.07, 6.45) is 3.91. The van der Waals surface area contributed by atoms with Gasteiger partial charge in [-0.3, -0.25) is 0 Å². The van der Waals surface area contributed by atoms with Gasteiger partial charge >= 0.3 is 11.9 Å². The summed E-state index contributed by atoms with van der Waals surface area (Å²) in [7, 11) is 0. The predicted molar refractivity (Wildman–Crippen MR) is 113 cm³/mol. The first-order chi connectivity index (χ1) is 14.4. The van der Waals surface area contributed by atoms with E-state index in [0.717, 1.165) is 25.0 Å². The topological polar surface area (TPSA) is 116 Å². The first-order valence-corrected chi connectivity index (χ1v) is 10.1. The fraction of sp³-hybridized carbons (Fsp3) is 0.391. The molecule has 0 heterocycles. The van der Waals surface area contributed by atoms with Crippen LogP contribution in [-0.2, 0) is 22.4 Å². The smallest absolute Gasteiger partial charge is 0.414 e. The van der Waals surface area contributed by atoms with Crippen molar-refractivity contribution in [2.24, 2.45) is 0 Å². The largest absolute Gasteiger partial charge is 0.491 e. The Balaban J connectivity index is 0.000000469. The number of carboxylic acids is 2. The van der Waals surface area contributed by atoms with Gasteiger partial charge in [0.05, 0.1) is 0 Å². The molecule has 30 heavy (non-hydrogen) atoms. The highest BCUT2D eigenvalue weighted by Crippen LogP contribution is 2.29. The van der Waals surface area contributed by atoms with E-state index < -0.39 is 18.0 Å². The second kappa shape index (κ2) is 11.9. The highest BCUT2D eigenvalue weighted by atomic mass is 16.5. The third-order valence-electron chi connectivity index (χ3n) is 4.94. The lowest BCUT2D eigenvalue weighted by Gasteiger charge is -2.27. The number of aliphatic hydroxyl groups is 1. The van der Waals surface area contributed by atoms with Gasteiger partial charge in [-0.05, 0) is 48.4 Å². The van der Waals surface area contributed by atoms with E-state index in [1.165, 1.54) is 23.1 Å². The zero-order chi connectivity index (χ0) is 21.9. The van der Waals surface area contributed by atoms with Crippen LogP contribution in [0.4, 0.5) is 0 Å². The van der Waals surface area contributed by atoms with Crippen molar-refractivity contribution in [3.8, 4) is 5.75 Å². The number of ether oxygens (including phenoxy) is 1. The maximum Gasteiger partial charge on any atom is 0.414 e. The third kappa shape index (κ3) is 7.17. The van der Waals surface area contributed by atoms with E-state index in [-0.39, 0.29) is 0 Å². The molecule has 7 nitrogen and oxygen atoms in total. The number of aryl methyl sites for hydroxylation is 2. The van der Waals surface area contributed by atoms with E-state index in [1.807, 2.05) is 18.2 Å². The van der Waals surface area contributed by atoms with Crippen LogP contribution in [0.1, 0.15) is 42.5 Å². The van der Waals surface area contributed by atoms with Gasteiger partial charge in [0.1, 0.15) is 18.5 Å². The lowest BCUT2D eigenvalue weighted by molar-refractivity contribution is -0.159. The monoisotopic (exact) mass is 415 g/mol. The summed E-state index contributed by atoms with van der Waals surface area (Å²) in [5.74, 6) is -2.77. The zero-order valence-corrected chi connectivity index (χ0v) is 17.1. The molecule has 0 spiro atoms. The molecular formula is C23H29NO6. The van der Waals surface area contributed by atoms with Crippen molar-refractivity contribution in [3.05, 3.63) is 65.2 Å². The van der Waals surface area contributed by atoms with Gasteiger partial charge < -0.3 is 25.4 Å². The van der Waals surface area contributed by atoms with Crippen molar-refractivity contribution in [2.45, 2.75) is 44.8 Å². The van der Waals surface area contributed by atoms with E-state index >= 15 is 0 Å². The van der Waals surface area contributed by atoms with Gasteiger partial charge in [0.25, 0.3) is 0 Å².